The maximum atomic E-state index is 12.5. The molecule has 1 saturated heterocycles. The van der Waals surface area contributed by atoms with Gasteiger partial charge < -0.3 is 9.80 Å². The number of anilines is 1. The summed E-state index contributed by atoms with van der Waals surface area (Å²) in [5, 5.41) is 1.43. The van der Waals surface area contributed by atoms with E-state index in [1.54, 1.807) is 12.4 Å². The van der Waals surface area contributed by atoms with Gasteiger partial charge in [0.15, 0.2) is 0 Å². The second-order valence-corrected chi connectivity index (χ2v) is 6.15. The minimum atomic E-state index is -0.00286. The van der Waals surface area contributed by atoms with Crippen LogP contribution < -0.4 is 4.90 Å². The zero-order valence-electron chi connectivity index (χ0n) is 11.6. The molecule has 21 heavy (non-hydrogen) atoms. The number of nitrogens with zero attached hydrogens (tertiary/aromatic N) is 4. The van der Waals surface area contributed by atoms with Gasteiger partial charge in [-0.3, -0.25) is 4.79 Å². The number of aryl methyl sites for hydroxylation is 1. The van der Waals surface area contributed by atoms with Crippen molar-refractivity contribution in [1.29, 1.82) is 0 Å². The number of benzene rings is 1. The van der Waals surface area contributed by atoms with Crippen LogP contribution in [0.2, 0.25) is 5.02 Å². The van der Waals surface area contributed by atoms with Crippen LogP contribution in [-0.2, 0) is 0 Å². The third-order valence-electron chi connectivity index (χ3n) is 3.54. The Hall–Kier alpha value is -1.66. The van der Waals surface area contributed by atoms with Crippen LogP contribution in [0, 0.1) is 6.92 Å². The predicted octanol–water partition coefficient (Wildman–Crippen LogP) is 2.46. The first kappa shape index (κ1) is 14.3. The summed E-state index contributed by atoms with van der Waals surface area (Å²) in [5.74, 6) is -0.00286. The smallest absolute Gasteiger partial charge is 0.255 e. The van der Waals surface area contributed by atoms with Gasteiger partial charge in [-0.2, -0.15) is 4.37 Å². The summed E-state index contributed by atoms with van der Waals surface area (Å²) < 4.78 is 4.01. The largest absolute Gasteiger partial charge is 0.343 e. The van der Waals surface area contributed by atoms with E-state index < -0.39 is 0 Å². The standard InChI is InChI=1S/C14H15ClN4OS/c1-10-2-3-11(12(15)8-10)13(20)18-4-6-19(7-5-18)14-16-9-17-21-14/h2-3,8-9H,4-7H2,1H3. The molecule has 0 atom stereocenters. The molecule has 0 bridgehead atoms. The topological polar surface area (TPSA) is 49.3 Å². The first-order valence-electron chi connectivity index (χ1n) is 6.72. The van der Waals surface area contributed by atoms with Gasteiger partial charge in [0.2, 0.25) is 5.13 Å². The molecule has 7 heteroatoms. The summed E-state index contributed by atoms with van der Waals surface area (Å²) in [6.07, 6.45) is 1.56. The normalized spacial score (nSPS) is 15.3. The summed E-state index contributed by atoms with van der Waals surface area (Å²) in [6.45, 7) is 4.83. The molecular formula is C14H15ClN4OS. The summed E-state index contributed by atoms with van der Waals surface area (Å²) >= 11 is 7.56. The number of halogens is 1. The molecule has 0 unspecified atom stereocenters. The van der Waals surface area contributed by atoms with E-state index in [0.717, 1.165) is 23.8 Å². The molecule has 1 fully saturated rings. The molecule has 3 rings (SSSR count). The first-order chi connectivity index (χ1) is 10.1. The third-order valence-corrected chi connectivity index (χ3v) is 4.58. The monoisotopic (exact) mass is 322 g/mol. The van der Waals surface area contributed by atoms with Gasteiger partial charge in [-0.1, -0.05) is 17.7 Å². The van der Waals surface area contributed by atoms with E-state index in [1.165, 1.54) is 11.5 Å². The molecule has 0 spiro atoms. The molecule has 1 aromatic carbocycles. The van der Waals surface area contributed by atoms with E-state index in [1.807, 2.05) is 24.0 Å². The van der Waals surface area contributed by atoms with Gasteiger partial charge in [0.05, 0.1) is 10.6 Å². The number of hydrogen-bond donors (Lipinski definition) is 0. The van der Waals surface area contributed by atoms with Crippen LogP contribution in [0.25, 0.3) is 0 Å². The quantitative estimate of drug-likeness (QED) is 0.852. The number of aromatic nitrogens is 2. The molecule has 1 amide bonds. The van der Waals surface area contributed by atoms with Crippen LogP contribution in [0.5, 0.6) is 0 Å². The number of hydrogen-bond acceptors (Lipinski definition) is 5. The number of rotatable bonds is 2. The minimum Gasteiger partial charge on any atom is -0.343 e. The predicted molar refractivity (Wildman–Crippen MR) is 84.2 cm³/mol. The molecular weight excluding hydrogens is 308 g/mol. The summed E-state index contributed by atoms with van der Waals surface area (Å²) in [6, 6.07) is 5.54. The fourth-order valence-corrected chi connectivity index (χ4v) is 3.27. The van der Waals surface area contributed by atoms with Crippen molar-refractivity contribution < 1.29 is 4.79 Å². The van der Waals surface area contributed by atoms with Crippen molar-refractivity contribution in [3.63, 3.8) is 0 Å². The summed E-state index contributed by atoms with van der Waals surface area (Å²) in [7, 11) is 0. The highest BCUT2D eigenvalue weighted by molar-refractivity contribution is 7.09. The third kappa shape index (κ3) is 3.01. The van der Waals surface area contributed by atoms with Crippen molar-refractivity contribution >= 4 is 34.2 Å². The van der Waals surface area contributed by atoms with E-state index in [9.17, 15) is 4.79 Å². The Morgan fingerprint density at radius 1 is 1.29 bits per heavy atom. The number of amides is 1. The lowest BCUT2D eigenvalue weighted by atomic mass is 10.1. The molecule has 1 aliphatic heterocycles. The van der Waals surface area contributed by atoms with Crippen molar-refractivity contribution in [3.8, 4) is 0 Å². The van der Waals surface area contributed by atoms with Gasteiger partial charge in [-0.15, -0.1) is 0 Å². The highest BCUT2D eigenvalue weighted by atomic mass is 35.5. The second-order valence-electron chi connectivity index (χ2n) is 4.99. The minimum absolute atomic E-state index is 0.00286. The van der Waals surface area contributed by atoms with Crippen LogP contribution in [-0.4, -0.2) is 46.3 Å². The fourth-order valence-electron chi connectivity index (χ4n) is 2.37. The lowest BCUT2D eigenvalue weighted by Crippen LogP contribution is -2.48. The van der Waals surface area contributed by atoms with E-state index >= 15 is 0 Å². The van der Waals surface area contributed by atoms with E-state index in [2.05, 4.69) is 14.3 Å². The lowest BCUT2D eigenvalue weighted by molar-refractivity contribution is 0.0747. The van der Waals surface area contributed by atoms with E-state index in [-0.39, 0.29) is 5.91 Å². The molecule has 0 saturated carbocycles. The van der Waals surface area contributed by atoms with Crippen LogP contribution in [0.4, 0.5) is 5.13 Å². The summed E-state index contributed by atoms with van der Waals surface area (Å²) in [4.78, 5) is 20.7. The van der Waals surface area contributed by atoms with E-state index in [4.69, 9.17) is 11.6 Å². The molecule has 0 radical (unpaired) electrons. The van der Waals surface area contributed by atoms with Gasteiger partial charge in [-0.25, -0.2) is 4.98 Å². The molecule has 110 valence electrons. The van der Waals surface area contributed by atoms with Crippen molar-refractivity contribution in [2.75, 3.05) is 31.1 Å². The summed E-state index contributed by atoms with van der Waals surface area (Å²) in [5.41, 5.74) is 1.63. The zero-order valence-corrected chi connectivity index (χ0v) is 13.2. The van der Waals surface area contributed by atoms with Crippen molar-refractivity contribution in [1.82, 2.24) is 14.3 Å². The van der Waals surface area contributed by atoms with E-state index in [0.29, 0.717) is 23.7 Å². The molecule has 0 N–H and O–H groups in total. The van der Waals surface area contributed by atoms with Crippen LogP contribution in [0.1, 0.15) is 15.9 Å². The number of piperazine rings is 1. The average molecular weight is 323 g/mol. The molecule has 1 aromatic heterocycles. The zero-order chi connectivity index (χ0) is 14.8. The Morgan fingerprint density at radius 3 is 2.67 bits per heavy atom. The van der Waals surface area contributed by atoms with Crippen molar-refractivity contribution in [3.05, 3.63) is 40.7 Å². The van der Waals surface area contributed by atoms with Crippen LogP contribution in [0.3, 0.4) is 0 Å². The van der Waals surface area contributed by atoms with Gasteiger partial charge in [0, 0.05) is 37.7 Å². The van der Waals surface area contributed by atoms with Gasteiger partial charge in [0.25, 0.3) is 5.91 Å². The molecule has 5 nitrogen and oxygen atoms in total. The van der Waals surface area contributed by atoms with Crippen LogP contribution >= 0.6 is 23.1 Å². The molecule has 0 aliphatic carbocycles. The highest BCUT2D eigenvalue weighted by Crippen LogP contribution is 2.21. The molecule has 1 aliphatic rings. The van der Waals surface area contributed by atoms with Gasteiger partial charge >= 0.3 is 0 Å². The maximum Gasteiger partial charge on any atom is 0.255 e. The Morgan fingerprint density at radius 2 is 2.05 bits per heavy atom. The Bertz CT molecular complexity index is 638. The lowest BCUT2D eigenvalue weighted by Gasteiger charge is -2.34. The Balaban J connectivity index is 1.67. The number of carbonyl (C=O) groups excluding carboxylic acids is 1. The van der Waals surface area contributed by atoms with Crippen molar-refractivity contribution in [2.45, 2.75) is 6.92 Å². The maximum absolute atomic E-state index is 12.5. The highest BCUT2D eigenvalue weighted by Gasteiger charge is 2.24. The molecule has 2 aromatic rings. The Kier molecular flexibility index (Phi) is 4.07. The second kappa shape index (κ2) is 5.99. The Labute approximate surface area is 132 Å². The fraction of sp³-hybridized carbons (Fsp3) is 0.357. The van der Waals surface area contributed by atoms with Crippen LogP contribution in [0.15, 0.2) is 24.5 Å². The van der Waals surface area contributed by atoms with Gasteiger partial charge in [0.1, 0.15) is 6.33 Å². The number of carbonyl (C=O) groups is 1. The molecule has 2 heterocycles. The SMILES string of the molecule is Cc1ccc(C(=O)N2CCN(c3ncns3)CC2)c(Cl)c1. The van der Waals surface area contributed by atoms with Gasteiger partial charge in [-0.05, 0) is 24.6 Å². The van der Waals surface area contributed by atoms with Crippen molar-refractivity contribution in [2.24, 2.45) is 0 Å². The average Bonchev–Trinajstić information content (AvgIpc) is 3.01. The first-order valence-corrected chi connectivity index (χ1v) is 7.87.